The van der Waals surface area contributed by atoms with Gasteiger partial charge in [-0.3, -0.25) is 0 Å². The van der Waals surface area contributed by atoms with Crippen molar-refractivity contribution >= 4 is 21.4 Å². The van der Waals surface area contributed by atoms with E-state index in [1.165, 1.54) is 11.3 Å². The van der Waals surface area contributed by atoms with Crippen LogP contribution in [0.15, 0.2) is 28.7 Å². The molecule has 7 heteroatoms. The van der Waals surface area contributed by atoms with Crippen molar-refractivity contribution in [1.29, 1.82) is 0 Å². The predicted molar refractivity (Wildman–Crippen MR) is 96.8 cm³/mol. The molecule has 0 unspecified atom stereocenters. The zero-order valence-electron chi connectivity index (χ0n) is 14.3. The lowest BCUT2D eigenvalue weighted by Crippen LogP contribution is -2.39. The molecule has 0 amide bonds. The molecule has 3 heterocycles. The van der Waals surface area contributed by atoms with Gasteiger partial charge >= 0.3 is 0 Å². The molecule has 1 aliphatic rings. The number of hydrogen-bond donors (Lipinski definition) is 0. The second kappa shape index (κ2) is 7.37. The van der Waals surface area contributed by atoms with E-state index in [0.29, 0.717) is 23.2 Å². The van der Waals surface area contributed by atoms with Gasteiger partial charge in [0.25, 0.3) is 10.0 Å². The summed E-state index contributed by atoms with van der Waals surface area (Å²) in [6.07, 6.45) is 7.50. The van der Waals surface area contributed by atoms with Gasteiger partial charge in [0.05, 0.1) is 0 Å². The van der Waals surface area contributed by atoms with Gasteiger partial charge in [0.15, 0.2) is 0 Å². The molecule has 0 spiro atoms. The Kier molecular flexibility index (Phi) is 5.42. The Morgan fingerprint density at radius 1 is 1.21 bits per heavy atom. The molecule has 0 aliphatic carbocycles. The van der Waals surface area contributed by atoms with Crippen LogP contribution in [0.2, 0.25) is 0 Å². The van der Waals surface area contributed by atoms with Crippen LogP contribution in [0.5, 0.6) is 0 Å². The van der Waals surface area contributed by atoms with Crippen molar-refractivity contribution in [3.05, 3.63) is 35.2 Å². The van der Waals surface area contributed by atoms with Crippen molar-refractivity contribution in [2.75, 3.05) is 13.1 Å². The summed E-state index contributed by atoms with van der Waals surface area (Å²) in [6.45, 7) is 6.33. The lowest BCUT2D eigenvalue weighted by atomic mass is 9.98. The SMILES string of the molecule is CCc1ccc(S(=O)(=O)N2CCC(Cn3ccnc3CC)CC2)s1. The lowest BCUT2D eigenvalue weighted by molar-refractivity contribution is 0.252. The molecule has 0 radical (unpaired) electrons. The van der Waals surface area contributed by atoms with Crippen LogP contribution in [0.4, 0.5) is 0 Å². The zero-order chi connectivity index (χ0) is 17.2. The fourth-order valence-electron chi connectivity index (χ4n) is 3.25. The second-order valence-electron chi connectivity index (χ2n) is 6.27. The summed E-state index contributed by atoms with van der Waals surface area (Å²) in [5.41, 5.74) is 0. The third-order valence-corrected chi connectivity index (χ3v) is 8.32. The number of nitrogens with zero attached hydrogens (tertiary/aromatic N) is 3. The third kappa shape index (κ3) is 3.58. The van der Waals surface area contributed by atoms with Crippen LogP contribution in [0.25, 0.3) is 0 Å². The maximum Gasteiger partial charge on any atom is 0.252 e. The number of imidazole rings is 1. The second-order valence-corrected chi connectivity index (χ2v) is 9.60. The Balaban J connectivity index is 1.62. The molecule has 1 fully saturated rings. The number of hydrogen-bond acceptors (Lipinski definition) is 4. The van der Waals surface area contributed by atoms with E-state index in [4.69, 9.17) is 0 Å². The first-order chi connectivity index (χ1) is 11.5. The van der Waals surface area contributed by atoms with Crippen molar-refractivity contribution < 1.29 is 8.42 Å². The molecule has 5 nitrogen and oxygen atoms in total. The molecule has 1 saturated heterocycles. The number of aromatic nitrogens is 2. The summed E-state index contributed by atoms with van der Waals surface area (Å²) in [6, 6.07) is 3.68. The van der Waals surface area contributed by atoms with Crippen molar-refractivity contribution in [3.8, 4) is 0 Å². The van der Waals surface area contributed by atoms with Crippen LogP contribution < -0.4 is 0 Å². The first kappa shape index (κ1) is 17.6. The Hall–Kier alpha value is -1.18. The Morgan fingerprint density at radius 2 is 1.96 bits per heavy atom. The van der Waals surface area contributed by atoms with Gasteiger partial charge in [-0.1, -0.05) is 13.8 Å². The van der Waals surface area contributed by atoms with Crippen LogP contribution in [0.1, 0.15) is 37.4 Å². The third-order valence-electron chi connectivity index (χ3n) is 4.73. The summed E-state index contributed by atoms with van der Waals surface area (Å²) in [5, 5.41) is 0. The molecule has 132 valence electrons. The van der Waals surface area contributed by atoms with Crippen LogP contribution >= 0.6 is 11.3 Å². The van der Waals surface area contributed by atoms with Gasteiger partial charge in [-0.05, 0) is 37.3 Å². The van der Waals surface area contributed by atoms with Gasteiger partial charge in [-0.15, -0.1) is 11.3 Å². The standard InChI is InChI=1S/C17H25N3O2S2/c1-3-15-5-6-17(23-15)24(21,22)20-10-7-14(8-11-20)13-19-12-9-18-16(19)4-2/h5-6,9,12,14H,3-4,7-8,10-11,13H2,1-2H3. The number of thiophene rings is 1. The van der Waals surface area contributed by atoms with Crippen LogP contribution in [0, 0.1) is 5.92 Å². The summed E-state index contributed by atoms with van der Waals surface area (Å²) in [4.78, 5) is 5.48. The molecule has 0 aromatic carbocycles. The minimum atomic E-state index is -3.32. The van der Waals surface area contributed by atoms with Gasteiger partial charge in [0.2, 0.25) is 0 Å². The van der Waals surface area contributed by atoms with Gasteiger partial charge in [0, 0.05) is 43.3 Å². The maximum absolute atomic E-state index is 12.8. The molecule has 0 bridgehead atoms. The number of piperidine rings is 1. The molecule has 24 heavy (non-hydrogen) atoms. The highest BCUT2D eigenvalue weighted by atomic mass is 32.2. The molecule has 0 N–H and O–H groups in total. The summed E-state index contributed by atoms with van der Waals surface area (Å²) in [5.74, 6) is 1.63. The van der Waals surface area contributed by atoms with E-state index in [1.807, 2.05) is 25.4 Å². The fourth-order valence-corrected chi connectivity index (χ4v) is 6.16. The van der Waals surface area contributed by atoms with E-state index in [2.05, 4.69) is 16.5 Å². The number of rotatable bonds is 6. The van der Waals surface area contributed by atoms with E-state index >= 15 is 0 Å². The summed E-state index contributed by atoms with van der Waals surface area (Å²) < 4.78 is 29.9. The zero-order valence-corrected chi connectivity index (χ0v) is 15.9. The molecule has 0 atom stereocenters. The van der Waals surface area contributed by atoms with Crippen molar-refractivity contribution in [2.24, 2.45) is 5.92 Å². The Labute approximate surface area is 148 Å². The van der Waals surface area contributed by atoms with Gasteiger partial charge in [-0.2, -0.15) is 4.31 Å². The first-order valence-corrected chi connectivity index (χ1v) is 10.9. The summed E-state index contributed by atoms with van der Waals surface area (Å²) in [7, 11) is -3.32. The lowest BCUT2D eigenvalue weighted by Gasteiger charge is -2.31. The fraction of sp³-hybridized carbons (Fsp3) is 0.588. The normalized spacial score (nSPS) is 17.4. The molecule has 0 saturated carbocycles. The molecule has 1 aliphatic heterocycles. The largest absolute Gasteiger partial charge is 0.335 e. The van der Waals surface area contributed by atoms with Crippen molar-refractivity contribution in [2.45, 2.75) is 50.3 Å². The minimum absolute atomic E-state index is 0.487. The highest BCUT2D eigenvalue weighted by molar-refractivity contribution is 7.91. The smallest absolute Gasteiger partial charge is 0.252 e. The van der Waals surface area contributed by atoms with E-state index < -0.39 is 10.0 Å². The van der Waals surface area contributed by atoms with Crippen molar-refractivity contribution in [1.82, 2.24) is 13.9 Å². The average molecular weight is 368 g/mol. The Morgan fingerprint density at radius 3 is 2.58 bits per heavy atom. The van der Waals surface area contributed by atoms with Gasteiger partial charge in [0.1, 0.15) is 10.0 Å². The minimum Gasteiger partial charge on any atom is -0.335 e. The van der Waals surface area contributed by atoms with Gasteiger partial charge < -0.3 is 4.57 Å². The summed E-state index contributed by atoms with van der Waals surface area (Å²) >= 11 is 1.40. The number of aryl methyl sites for hydroxylation is 2. The predicted octanol–water partition coefficient (Wildman–Crippen LogP) is 3.17. The maximum atomic E-state index is 12.8. The molecule has 2 aromatic rings. The highest BCUT2D eigenvalue weighted by Crippen LogP contribution is 2.29. The van der Waals surface area contributed by atoms with Crippen LogP contribution in [-0.2, 0) is 29.4 Å². The quantitative estimate of drug-likeness (QED) is 0.788. The molecule has 2 aromatic heterocycles. The topological polar surface area (TPSA) is 55.2 Å². The van der Waals surface area contributed by atoms with Crippen LogP contribution in [0.3, 0.4) is 0 Å². The van der Waals surface area contributed by atoms with E-state index in [-0.39, 0.29) is 0 Å². The van der Waals surface area contributed by atoms with E-state index in [0.717, 1.165) is 42.9 Å². The van der Waals surface area contributed by atoms with Crippen LogP contribution in [-0.4, -0.2) is 35.4 Å². The van der Waals surface area contributed by atoms with E-state index in [1.54, 1.807) is 10.4 Å². The first-order valence-electron chi connectivity index (χ1n) is 8.63. The monoisotopic (exact) mass is 367 g/mol. The van der Waals surface area contributed by atoms with E-state index in [9.17, 15) is 8.42 Å². The number of sulfonamides is 1. The highest BCUT2D eigenvalue weighted by Gasteiger charge is 2.30. The molecular formula is C17H25N3O2S2. The average Bonchev–Trinajstić information content (AvgIpc) is 3.24. The molecular weight excluding hydrogens is 342 g/mol. The molecule has 3 rings (SSSR count). The van der Waals surface area contributed by atoms with Crippen molar-refractivity contribution in [3.63, 3.8) is 0 Å². The Bertz CT molecular complexity index is 771. The van der Waals surface area contributed by atoms with Gasteiger partial charge in [-0.25, -0.2) is 13.4 Å².